The number of hydrogen-bond donors (Lipinski definition) is 1. The molecule has 0 heterocycles. The number of nitrogens with zero attached hydrogens (tertiary/aromatic N) is 1. The van der Waals surface area contributed by atoms with Gasteiger partial charge in [-0.15, -0.1) is 0 Å². The Morgan fingerprint density at radius 1 is 1.40 bits per heavy atom. The molecule has 1 aliphatic rings. The first-order valence-corrected chi connectivity index (χ1v) is 8.54. The molecule has 0 aromatic heterocycles. The Bertz CT molecular complexity index is 626. The maximum atomic E-state index is 12.5. The minimum absolute atomic E-state index is 0.140. The third-order valence-corrected chi connectivity index (χ3v) is 6.02. The van der Waals surface area contributed by atoms with Crippen LogP contribution in [-0.4, -0.2) is 31.3 Å². The third-order valence-electron chi connectivity index (χ3n) is 3.79. The molecule has 1 aliphatic carbocycles. The van der Waals surface area contributed by atoms with Gasteiger partial charge in [0.1, 0.15) is 0 Å². The predicted molar refractivity (Wildman–Crippen MR) is 84.2 cm³/mol. The van der Waals surface area contributed by atoms with Gasteiger partial charge in [-0.3, -0.25) is 0 Å². The van der Waals surface area contributed by atoms with E-state index >= 15 is 0 Å². The smallest absolute Gasteiger partial charge is 0.242 e. The highest BCUT2D eigenvalue weighted by atomic mass is 32.2. The van der Waals surface area contributed by atoms with Gasteiger partial charge in [0.25, 0.3) is 0 Å². The van der Waals surface area contributed by atoms with Crippen LogP contribution in [0.2, 0.25) is 0 Å². The van der Waals surface area contributed by atoms with Crippen molar-refractivity contribution in [3.05, 3.63) is 29.3 Å². The van der Waals surface area contributed by atoms with Gasteiger partial charge in [0.05, 0.1) is 9.88 Å². The maximum Gasteiger partial charge on any atom is 0.242 e. The number of rotatable bonds is 5. The van der Waals surface area contributed by atoms with Crippen molar-refractivity contribution in [1.29, 1.82) is 0 Å². The molecule has 2 rings (SSSR count). The van der Waals surface area contributed by atoms with Crippen LogP contribution >= 0.6 is 12.2 Å². The SMILES string of the molecule is CC(CN(C)S(=O)(=O)c1ccc2c(c1)CCC2)C(N)=S. The van der Waals surface area contributed by atoms with Gasteiger partial charge >= 0.3 is 0 Å². The first-order valence-electron chi connectivity index (χ1n) is 6.70. The van der Waals surface area contributed by atoms with Crippen LogP contribution in [0.15, 0.2) is 23.1 Å². The molecule has 6 heteroatoms. The Morgan fingerprint density at radius 2 is 2.05 bits per heavy atom. The standard InChI is InChI=1S/C14H20N2O2S2/c1-10(14(15)19)9-16(2)20(17,18)13-7-6-11-4-3-5-12(11)8-13/h6-8,10H,3-5,9H2,1-2H3,(H2,15,19). The zero-order chi connectivity index (χ0) is 14.9. The van der Waals surface area contributed by atoms with Gasteiger partial charge < -0.3 is 5.73 Å². The zero-order valence-corrected chi connectivity index (χ0v) is 13.4. The van der Waals surface area contributed by atoms with E-state index in [1.54, 1.807) is 19.2 Å². The second kappa shape index (κ2) is 5.79. The lowest BCUT2D eigenvalue weighted by Crippen LogP contribution is -2.35. The first-order chi connectivity index (χ1) is 9.32. The molecule has 0 spiro atoms. The molecule has 1 aromatic rings. The van der Waals surface area contributed by atoms with Crippen molar-refractivity contribution >= 4 is 27.2 Å². The van der Waals surface area contributed by atoms with Crippen molar-refractivity contribution in [3.63, 3.8) is 0 Å². The van der Waals surface area contributed by atoms with Gasteiger partial charge in [-0.05, 0) is 42.5 Å². The molecular weight excluding hydrogens is 292 g/mol. The van der Waals surface area contributed by atoms with Crippen LogP contribution in [0.25, 0.3) is 0 Å². The van der Waals surface area contributed by atoms with E-state index in [0.717, 1.165) is 24.8 Å². The van der Waals surface area contributed by atoms with E-state index in [-0.39, 0.29) is 5.92 Å². The van der Waals surface area contributed by atoms with E-state index in [2.05, 4.69) is 0 Å². The lowest BCUT2D eigenvalue weighted by molar-refractivity contribution is 0.445. The van der Waals surface area contributed by atoms with Crippen LogP contribution in [0.3, 0.4) is 0 Å². The van der Waals surface area contributed by atoms with Crippen LogP contribution < -0.4 is 5.73 Å². The molecule has 0 bridgehead atoms. The molecular formula is C14H20N2O2S2. The molecule has 1 unspecified atom stereocenters. The number of benzene rings is 1. The molecule has 2 N–H and O–H groups in total. The largest absolute Gasteiger partial charge is 0.393 e. The van der Waals surface area contributed by atoms with E-state index in [4.69, 9.17) is 18.0 Å². The van der Waals surface area contributed by atoms with Gasteiger partial charge in [0, 0.05) is 19.5 Å². The zero-order valence-electron chi connectivity index (χ0n) is 11.8. The van der Waals surface area contributed by atoms with Crippen molar-refractivity contribution in [2.75, 3.05) is 13.6 Å². The second-order valence-electron chi connectivity index (χ2n) is 5.37. The van der Waals surface area contributed by atoms with Crippen molar-refractivity contribution in [2.24, 2.45) is 11.7 Å². The first kappa shape index (κ1) is 15.4. The van der Waals surface area contributed by atoms with Crippen LogP contribution in [0.1, 0.15) is 24.5 Å². The predicted octanol–water partition coefficient (Wildman–Crippen LogP) is 1.72. The minimum atomic E-state index is -3.47. The summed E-state index contributed by atoms with van der Waals surface area (Å²) in [5.74, 6) is -0.140. The van der Waals surface area contributed by atoms with Gasteiger partial charge in [-0.1, -0.05) is 25.2 Å². The van der Waals surface area contributed by atoms with E-state index in [0.29, 0.717) is 16.4 Å². The summed E-state index contributed by atoms with van der Waals surface area (Å²) in [4.78, 5) is 0.691. The number of hydrogen-bond acceptors (Lipinski definition) is 3. The van der Waals surface area contributed by atoms with Gasteiger partial charge in [-0.2, -0.15) is 0 Å². The summed E-state index contributed by atoms with van der Waals surface area (Å²) >= 11 is 4.90. The lowest BCUT2D eigenvalue weighted by atomic mass is 10.1. The summed E-state index contributed by atoms with van der Waals surface area (Å²) in [6.45, 7) is 2.13. The summed E-state index contributed by atoms with van der Waals surface area (Å²) in [6, 6.07) is 5.43. The van der Waals surface area contributed by atoms with Gasteiger partial charge in [0.15, 0.2) is 0 Å². The average molecular weight is 312 g/mol. The van der Waals surface area contributed by atoms with Crippen molar-refractivity contribution < 1.29 is 8.42 Å². The number of sulfonamides is 1. The Labute approximate surface area is 126 Å². The third kappa shape index (κ3) is 3.02. The minimum Gasteiger partial charge on any atom is -0.393 e. The lowest BCUT2D eigenvalue weighted by Gasteiger charge is -2.21. The van der Waals surface area contributed by atoms with E-state index in [9.17, 15) is 8.42 Å². The Balaban J connectivity index is 2.24. The fourth-order valence-electron chi connectivity index (χ4n) is 2.46. The van der Waals surface area contributed by atoms with E-state index < -0.39 is 10.0 Å². The van der Waals surface area contributed by atoms with Crippen molar-refractivity contribution in [1.82, 2.24) is 4.31 Å². The van der Waals surface area contributed by atoms with Crippen LogP contribution in [0.4, 0.5) is 0 Å². The van der Waals surface area contributed by atoms with E-state index in [1.165, 1.54) is 9.87 Å². The Kier molecular flexibility index (Phi) is 4.46. The Hall–Kier alpha value is -0.980. The molecule has 4 nitrogen and oxygen atoms in total. The fourth-order valence-corrected chi connectivity index (χ4v) is 3.85. The normalized spacial score (nSPS) is 16.1. The summed E-state index contributed by atoms with van der Waals surface area (Å²) in [6.07, 6.45) is 3.11. The molecule has 110 valence electrons. The molecule has 0 saturated carbocycles. The molecule has 20 heavy (non-hydrogen) atoms. The number of nitrogens with two attached hydrogens (primary N) is 1. The van der Waals surface area contributed by atoms with Crippen LogP contribution in [0.5, 0.6) is 0 Å². The molecule has 0 fully saturated rings. The highest BCUT2D eigenvalue weighted by Crippen LogP contribution is 2.26. The topological polar surface area (TPSA) is 63.4 Å². The number of thiocarbonyl (C=S) groups is 1. The maximum absolute atomic E-state index is 12.5. The molecule has 0 radical (unpaired) electrons. The molecule has 1 aromatic carbocycles. The average Bonchev–Trinajstić information content (AvgIpc) is 2.85. The summed E-state index contributed by atoms with van der Waals surface area (Å²) < 4.78 is 26.4. The highest BCUT2D eigenvalue weighted by molar-refractivity contribution is 7.89. The molecule has 0 amide bonds. The van der Waals surface area contributed by atoms with Crippen molar-refractivity contribution in [3.8, 4) is 0 Å². The highest BCUT2D eigenvalue weighted by Gasteiger charge is 2.24. The van der Waals surface area contributed by atoms with Gasteiger partial charge in [0.2, 0.25) is 10.0 Å². The van der Waals surface area contributed by atoms with Crippen molar-refractivity contribution in [2.45, 2.75) is 31.1 Å². The van der Waals surface area contributed by atoms with Crippen LogP contribution in [-0.2, 0) is 22.9 Å². The second-order valence-corrected chi connectivity index (χ2v) is 7.89. The quantitative estimate of drug-likeness (QED) is 0.841. The molecule has 1 atom stereocenters. The summed E-state index contributed by atoms with van der Waals surface area (Å²) in [5, 5.41) is 0. The number of fused-ring (bicyclic) bond motifs is 1. The summed E-state index contributed by atoms with van der Waals surface area (Å²) in [7, 11) is -1.90. The fraction of sp³-hybridized carbons (Fsp3) is 0.500. The summed E-state index contributed by atoms with van der Waals surface area (Å²) in [5.41, 5.74) is 7.97. The monoisotopic (exact) mass is 312 g/mol. The van der Waals surface area contributed by atoms with Crippen LogP contribution in [0, 0.1) is 5.92 Å². The Morgan fingerprint density at radius 3 is 2.70 bits per heavy atom. The molecule has 0 saturated heterocycles. The number of aryl methyl sites for hydroxylation is 2. The van der Waals surface area contributed by atoms with E-state index in [1.807, 2.05) is 13.0 Å². The molecule has 0 aliphatic heterocycles. The van der Waals surface area contributed by atoms with Gasteiger partial charge in [-0.25, -0.2) is 12.7 Å².